The van der Waals surface area contributed by atoms with Crippen molar-refractivity contribution in [3.05, 3.63) is 77.9 Å². The van der Waals surface area contributed by atoms with E-state index in [4.69, 9.17) is 0 Å². The van der Waals surface area contributed by atoms with Crippen molar-refractivity contribution in [1.82, 2.24) is 0 Å². The van der Waals surface area contributed by atoms with E-state index in [9.17, 15) is 0 Å². The lowest BCUT2D eigenvalue weighted by Gasteiger charge is -2.12. The number of hydrogen-bond acceptors (Lipinski definition) is 1. The van der Waals surface area contributed by atoms with Crippen molar-refractivity contribution in [3.63, 3.8) is 0 Å². The van der Waals surface area contributed by atoms with Crippen molar-refractivity contribution < 1.29 is 0 Å². The van der Waals surface area contributed by atoms with Crippen molar-refractivity contribution in [2.75, 3.05) is 0 Å². The Kier molecular flexibility index (Phi) is 3.85. The van der Waals surface area contributed by atoms with Gasteiger partial charge in [0.25, 0.3) is 0 Å². The second kappa shape index (κ2) is 5.79. The van der Waals surface area contributed by atoms with Gasteiger partial charge in [-0.1, -0.05) is 54.6 Å². The second-order valence-corrected chi connectivity index (χ2v) is 5.84. The van der Waals surface area contributed by atoms with Crippen LogP contribution in [0.4, 0.5) is 0 Å². The van der Waals surface area contributed by atoms with Gasteiger partial charge in [0.15, 0.2) is 0 Å². The Hall–Kier alpha value is -1.99. The SMILES string of the molecule is Cc1ccccc1-c1ccc(S)c(-c2ccccc2C)c1. The number of hydrogen-bond donors (Lipinski definition) is 1. The minimum Gasteiger partial charge on any atom is -0.143 e. The molecule has 0 heterocycles. The van der Waals surface area contributed by atoms with Crippen molar-refractivity contribution >= 4 is 12.6 Å². The number of rotatable bonds is 2. The van der Waals surface area contributed by atoms with Gasteiger partial charge in [-0.3, -0.25) is 0 Å². The quantitative estimate of drug-likeness (QED) is 0.556. The summed E-state index contributed by atoms with van der Waals surface area (Å²) in [4.78, 5) is 1.02. The lowest BCUT2D eigenvalue weighted by atomic mass is 9.94. The molecular formula is C20H18S. The zero-order valence-corrected chi connectivity index (χ0v) is 13.2. The first-order valence-electron chi connectivity index (χ1n) is 7.12. The van der Waals surface area contributed by atoms with Crippen LogP contribution in [-0.4, -0.2) is 0 Å². The average molecular weight is 290 g/mol. The Bertz CT molecular complexity index is 787. The fraction of sp³-hybridized carbons (Fsp3) is 0.100. The highest BCUT2D eigenvalue weighted by atomic mass is 32.1. The minimum atomic E-state index is 1.02. The lowest BCUT2D eigenvalue weighted by molar-refractivity contribution is 1.39. The average Bonchev–Trinajstić information content (AvgIpc) is 2.49. The van der Waals surface area contributed by atoms with Gasteiger partial charge >= 0.3 is 0 Å². The third-order valence-corrected chi connectivity index (χ3v) is 4.28. The molecule has 0 nitrogen and oxygen atoms in total. The third kappa shape index (κ3) is 2.74. The molecule has 0 bridgehead atoms. The smallest absolute Gasteiger partial charge is 0.0119 e. The van der Waals surface area contributed by atoms with Gasteiger partial charge in [-0.05, 0) is 59.4 Å². The van der Waals surface area contributed by atoms with Gasteiger partial charge < -0.3 is 0 Å². The van der Waals surface area contributed by atoms with E-state index >= 15 is 0 Å². The maximum Gasteiger partial charge on any atom is 0.0119 e. The maximum atomic E-state index is 4.64. The van der Waals surface area contributed by atoms with Crippen LogP contribution in [0, 0.1) is 13.8 Å². The van der Waals surface area contributed by atoms with Gasteiger partial charge in [0, 0.05) is 4.90 Å². The van der Waals surface area contributed by atoms with Crippen molar-refractivity contribution in [2.45, 2.75) is 18.7 Å². The highest BCUT2D eigenvalue weighted by Crippen LogP contribution is 2.34. The first kappa shape index (κ1) is 14.0. The van der Waals surface area contributed by atoms with E-state index in [0.29, 0.717) is 0 Å². The molecule has 0 aliphatic rings. The van der Waals surface area contributed by atoms with Crippen LogP contribution < -0.4 is 0 Å². The minimum absolute atomic E-state index is 1.02. The Morgan fingerprint density at radius 1 is 0.619 bits per heavy atom. The molecule has 0 saturated heterocycles. The molecule has 0 amide bonds. The second-order valence-electron chi connectivity index (χ2n) is 5.36. The molecule has 3 aromatic rings. The van der Waals surface area contributed by atoms with Crippen LogP contribution in [0.2, 0.25) is 0 Å². The maximum absolute atomic E-state index is 4.64. The van der Waals surface area contributed by atoms with E-state index in [2.05, 4.69) is 93.2 Å². The van der Waals surface area contributed by atoms with E-state index in [1.54, 1.807) is 0 Å². The third-order valence-electron chi connectivity index (χ3n) is 3.89. The van der Waals surface area contributed by atoms with Gasteiger partial charge in [-0.2, -0.15) is 0 Å². The van der Waals surface area contributed by atoms with Crippen molar-refractivity contribution in [2.24, 2.45) is 0 Å². The molecule has 1 heteroatoms. The first-order valence-corrected chi connectivity index (χ1v) is 7.56. The summed E-state index contributed by atoms with van der Waals surface area (Å²) in [6.45, 7) is 4.29. The van der Waals surface area contributed by atoms with Gasteiger partial charge in [-0.25, -0.2) is 0 Å². The Labute approximate surface area is 131 Å². The van der Waals surface area contributed by atoms with Crippen LogP contribution in [0.5, 0.6) is 0 Å². The van der Waals surface area contributed by atoms with E-state index in [0.717, 1.165) is 4.90 Å². The number of benzene rings is 3. The zero-order valence-electron chi connectivity index (χ0n) is 12.3. The predicted octanol–water partition coefficient (Wildman–Crippen LogP) is 5.93. The van der Waals surface area contributed by atoms with Crippen LogP contribution >= 0.6 is 12.6 Å². The predicted molar refractivity (Wildman–Crippen MR) is 94.0 cm³/mol. The molecule has 21 heavy (non-hydrogen) atoms. The fourth-order valence-electron chi connectivity index (χ4n) is 2.69. The molecule has 0 N–H and O–H groups in total. The van der Waals surface area contributed by atoms with Gasteiger partial charge in [0.05, 0.1) is 0 Å². The van der Waals surface area contributed by atoms with Crippen molar-refractivity contribution in [1.29, 1.82) is 0 Å². The van der Waals surface area contributed by atoms with Crippen LogP contribution in [0.3, 0.4) is 0 Å². The van der Waals surface area contributed by atoms with E-state index in [-0.39, 0.29) is 0 Å². The van der Waals surface area contributed by atoms with Crippen molar-refractivity contribution in [3.8, 4) is 22.3 Å². The molecule has 0 saturated carbocycles. The summed E-state index contributed by atoms with van der Waals surface area (Å²) in [6.07, 6.45) is 0. The zero-order chi connectivity index (χ0) is 14.8. The summed E-state index contributed by atoms with van der Waals surface area (Å²) < 4.78 is 0. The molecule has 104 valence electrons. The highest BCUT2D eigenvalue weighted by Gasteiger charge is 2.08. The molecule has 3 rings (SSSR count). The van der Waals surface area contributed by atoms with E-state index in [1.807, 2.05) is 0 Å². The molecule has 0 spiro atoms. The highest BCUT2D eigenvalue weighted by molar-refractivity contribution is 7.80. The van der Waals surface area contributed by atoms with Crippen LogP contribution in [-0.2, 0) is 0 Å². The summed E-state index contributed by atoms with van der Waals surface area (Å²) in [7, 11) is 0. The van der Waals surface area contributed by atoms with Gasteiger partial charge in [-0.15, -0.1) is 12.6 Å². The van der Waals surface area contributed by atoms with Gasteiger partial charge in [0.2, 0.25) is 0 Å². The summed E-state index contributed by atoms with van der Waals surface area (Å²) in [5.74, 6) is 0. The molecule has 0 radical (unpaired) electrons. The summed E-state index contributed by atoms with van der Waals surface area (Å²) in [5, 5.41) is 0. The summed E-state index contributed by atoms with van der Waals surface area (Å²) >= 11 is 4.64. The Morgan fingerprint density at radius 2 is 1.19 bits per heavy atom. The molecule has 0 unspecified atom stereocenters. The Morgan fingerprint density at radius 3 is 1.81 bits per heavy atom. The van der Waals surface area contributed by atoms with E-state index < -0.39 is 0 Å². The number of thiol groups is 1. The largest absolute Gasteiger partial charge is 0.143 e. The topological polar surface area (TPSA) is 0 Å². The normalized spacial score (nSPS) is 10.6. The summed E-state index contributed by atoms with van der Waals surface area (Å²) in [6, 6.07) is 23.4. The first-order chi connectivity index (χ1) is 10.2. The molecule has 0 aliphatic carbocycles. The molecule has 0 atom stereocenters. The van der Waals surface area contributed by atoms with Crippen LogP contribution in [0.15, 0.2) is 71.6 Å². The molecular weight excluding hydrogens is 272 g/mol. The molecule has 3 aromatic carbocycles. The lowest BCUT2D eigenvalue weighted by Crippen LogP contribution is -1.88. The van der Waals surface area contributed by atoms with Gasteiger partial charge in [0.1, 0.15) is 0 Å². The molecule has 0 fully saturated rings. The molecule has 0 aromatic heterocycles. The Balaban J connectivity index is 2.18. The van der Waals surface area contributed by atoms with E-state index in [1.165, 1.54) is 33.4 Å². The molecule has 0 aliphatic heterocycles. The van der Waals surface area contributed by atoms with Crippen LogP contribution in [0.1, 0.15) is 11.1 Å². The summed E-state index contributed by atoms with van der Waals surface area (Å²) in [5.41, 5.74) is 7.52. The number of aryl methyl sites for hydroxylation is 2. The standard InChI is InChI=1S/C20H18S/c1-14-7-3-5-9-17(14)16-11-12-20(21)19(13-16)18-10-6-4-8-15(18)2/h3-13,21H,1-2H3. The monoisotopic (exact) mass is 290 g/mol. The van der Waals surface area contributed by atoms with Crippen LogP contribution in [0.25, 0.3) is 22.3 Å². The fourth-order valence-corrected chi connectivity index (χ4v) is 2.95.